The number of piperazine rings is 1. The summed E-state index contributed by atoms with van der Waals surface area (Å²) in [7, 11) is 0. The van der Waals surface area contributed by atoms with Crippen molar-refractivity contribution >= 4 is 29.5 Å². The van der Waals surface area contributed by atoms with Gasteiger partial charge >= 0.3 is 12.1 Å². The number of hydrogen-bond acceptors (Lipinski definition) is 6. The summed E-state index contributed by atoms with van der Waals surface area (Å²) >= 11 is 1.78. The van der Waals surface area contributed by atoms with E-state index in [1.807, 2.05) is 0 Å². The van der Waals surface area contributed by atoms with Crippen molar-refractivity contribution in [2.75, 3.05) is 37.9 Å². The Morgan fingerprint density at radius 1 is 0.838 bits per heavy atom. The lowest BCUT2D eigenvalue weighted by atomic mass is 10.1. The number of amides is 1. The first-order valence-corrected chi connectivity index (χ1v) is 14.5. The molecule has 0 aliphatic carbocycles. The van der Waals surface area contributed by atoms with Gasteiger partial charge in [-0.2, -0.15) is 0 Å². The molecule has 6 nitrogen and oxygen atoms in total. The van der Waals surface area contributed by atoms with Gasteiger partial charge in [-0.05, 0) is 44.0 Å². The molecule has 1 heterocycles. The molecule has 0 aromatic heterocycles. The quantitative estimate of drug-likeness (QED) is 0.154. The van der Waals surface area contributed by atoms with Gasteiger partial charge in [-0.1, -0.05) is 87.0 Å². The third-order valence-electron chi connectivity index (χ3n) is 6.68. The van der Waals surface area contributed by atoms with Crippen LogP contribution in [-0.4, -0.2) is 49.9 Å². The van der Waals surface area contributed by atoms with Crippen LogP contribution in [0.15, 0.2) is 52.3 Å². The predicted octanol–water partition coefficient (Wildman–Crippen LogP) is 7.35. The van der Waals surface area contributed by atoms with Crippen molar-refractivity contribution in [2.45, 2.75) is 81.9 Å². The molecule has 1 aliphatic heterocycles. The van der Waals surface area contributed by atoms with Gasteiger partial charge in [0.05, 0.1) is 5.69 Å². The normalized spacial score (nSPS) is 13.5. The van der Waals surface area contributed by atoms with Crippen molar-refractivity contribution in [1.82, 2.24) is 4.90 Å². The summed E-state index contributed by atoms with van der Waals surface area (Å²) in [5.41, 5.74) is 3.72. The van der Waals surface area contributed by atoms with Crippen LogP contribution in [-0.2, 0) is 14.3 Å². The number of para-hydroxylation sites is 1. The summed E-state index contributed by atoms with van der Waals surface area (Å²) in [5, 5.41) is 0. The molecular formula is C30H42N2O4S. The molecule has 1 aliphatic rings. The number of nitrogens with zero attached hydrogens (tertiary/aromatic N) is 2. The summed E-state index contributed by atoms with van der Waals surface area (Å²) in [6.45, 7) is 8.71. The zero-order valence-electron chi connectivity index (χ0n) is 22.7. The van der Waals surface area contributed by atoms with Crippen LogP contribution in [0.3, 0.4) is 0 Å². The van der Waals surface area contributed by atoms with E-state index >= 15 is 0 Å². The number of esters is 1. The Kier molecular flexibility index (Phi) is 12.1. The Morgan fingerprint density at radius 2 is 1.54 bits per heavy atom. The number of hydrogen-bond donors (Lipinski definition) is 0. The van der Waals surface area contributed by atoms with Gasteiger partial charge in [0.1, 0.15) is 0 Å². The molecule has 2 aromatic rings. The lowest BCUT2D eigenvalue weighted by Crippen LogP contribution is -2.49. The summed E-state index contributed by atoms with van der Waals surface area (Å²) in [6, 6.07) is 15.0. The summed E-state index contributed by atoms with van der Waals surface area (Å²) in [6.07, 6.45) is 7.98. The van der Waals surface area contributed by atoms with E-state index in [1.54, 1.807) is 16.7 Å². The van der Waals surface area contributed by atoms with Gasteiger partial charge in [-0.15, -0.1) is 0 Å². The predicted molar refractivity (Wildman–Crippen MR) is 150 cm³/mol. The third kappa shape index (κ3) is 9.62. The van der Waals surface area contributed by atoms with Crippen molar-refractivity contribution in [3.8, 4) is 0 Å². The Bertz CT molecular complexity index is 1000. The standard InChI is InChI=1S/C30H42N2O4S/c1-4-5-6-7-8-9-10-15-29(33)35-23-36-30(34)32-20-18-31(19-21-32)26-13-11-12-14-28(26)37-27-17-16-24(2)22-25(27)3/h11-14,16-17,22H,4-10,15,18-21,23H2,1-3H3. The van der Waals surface area contributed by atoms with Crippen molar-refractivity contribution in [1.29, 1.82) is 0 Å². The molecule has 0 unspecified atom stereocenters. The van der Waals surface area contributed by atoms with Gasteiger partial charge in [0, 0.05) is 42.4 Å². The van der Waals surface area contributed by atoms with E-state index in [2.05, 4.69) is 68.1 Å². The second-order valence-corrected chi connectivity index (χ2v) is 10.8. The second kappa shape index (κ2) is 15.6. The number of anilines is 1. The van der Waals surface area contributed by atoms with Crippen molar-refractivity contribution in [3.05, 3.63) is 53.6 Å². The fourth-order valence-electron chi connectivity index (χ4n) is 4.50. The van der Waals surface area contributed by atoms with Gasteiger partial charge in [0.25, 0.3) is 0 Å². The van der Waals surface area contributed by atoms with Crippen LogP contribution in [0.5, 0.6) is 0 Å². The number of unbranched alkanes of at least 4 members (excludes halogenated alkanes) is 6. The lowest BCUT2D eigenvalue weighted by molar-refractivity contribution is -0.152. The SMILES string of the molecule is CCCCCCCCCC(=O)OCOC(=O)N1CCN(c2ccccc2Sc2ccc(C)cc2C)CC1. The molecule has 7 heteroatoms. The summed E-state index contributed by atoms with van der Waals surface area (Å²) < 4.78 is 10.3. The average Bonchev–Trinajstić information content (AvgIpc) is 2.90. The van der Waals surface area contributed by atoms with Crippen molar-refractivity contribution < 1.29 is 19.1 Å². The number of carbonyl (C=O) groups is 2. The Morgan fingerprint density at radius 3 is 2.27 bits per heavy atom. The molecule has 0 radical (unpaired) electrons. The molecule has 0 bridgehead atoms. The highest BCUT2D eigenvalue weighted by atomic mass is 32.2. The molecule has 0 atom stereocenters. The molecule has 1 saturated heterocycles. The minimum Gasteiger partial charge on any atom is -0.428 e. The van der Waals surface area contributed by atoms with Crippen LogP contribution >= 0.6 is 11.8 Å². The molecule has 2 aromatic carbocycles. The van der Waals surface area contributed by atoms with Crippen LogP contribution in [0, 0.1) is 13.8 Å². The third-order valence-corrected chi connectivity index (χ3v) is 7.92. The van der Waals surface area contributed by atoms with E-state index in [1.165, 1.54) is 52.3 Å². The zero-order chi connectivity index (χ0) is 26.5. The number of carbonyl (C=O) groups excluding carboxylic acids is 2. The molecule has 37 heavy (non-hydrogen) atoms. The van der Waals surface area contributed by atoms with Gasteiger partial charge in [-0.25, -0.2) is 4.79 Å². The highest BCUT2D eigenvalue weighted by Crippen LogP contribution is 2.37. The zero-order valence-corrected chi connectivity index (χ0v) is 23.5. The van der Waals surface area contributed by atoms with Crippen LogP contribution in [0.2, 0.25) is 0 Å². The fourth-order valence-corrected chi connectivity index (χ4v) is 5.54. The van der Waals surface area contributed by atoms with Crippen molar-refractivity contribution in [2.24, 2.45) is 0 Å². The van der Waals surface area contributed by atoms with E-state index in [9.17, 15) is 9.59 Å². The van der Waals surface area contributed by atoms with Gasteiger partial charge in [-0.3, -0.25) is 4.79 Å². The minimum atomic E-state index is -0.429. The van der Waals surface area contributed by atoms with E-state index in [-0.39, 0.29) is 12.8 Å². The second-order valence-electron chi connectivity index (χ2n) is 9.73. The summed E-state index contributed by atoms with van der Waals surface area (Å²) in [4.78, 5) is 30.8. The number of aryl methyl sites for hydroxylation is 2. The molecule has 0 spiro atoms. The molecule has 3 rings (SSSR count). The maximum Gasteiger partial charge on any atom is 0.412 e. The Hall–Kier alpha value is -2.67. The van der Waals surface area contributed by atoms with Gasteiger partial charge in [0.2, 0.25) is 6.79 Å². The van der Waals surface area contributed by atoms with Crippen molar-refractivity contribution in [3.63, 3.8) is 0 Å². The largest absolute Gasteiger partial charge is 0.428 e. The van der Waals surface area contributed by atoms with E-state index in [4.69, 9.17) is 9.47 Å². The Balaban J connectivity index is 1.38. The van der Waals surface area contributed by atoms with Gasteiger partial charge in [0.15, 0.2) is 0 Å². The minimum absolute atomic E-state index is 0.302. The first kappa shape index (κ1) is 28.9. The van der Waals surface area contributed by atoms with Crippen LogP contribution < -0.4 is 4.90 Å². The Labute approximate surface area is 226 Å². The molecule has 0 saturated carbocycles. The smallest absolute Gasteiger partial charge is 0.412 e. The summed E-state index contributed by atoms with van der Waals surface area (Å²) in [5.74, 6) is -0.302. The topological polar surface area (TPSA) is 59.1 Å². The number of ether oxygens (including phenoxy) is 2. The first-order chi connectivity index (χ1) is 18.0. The first-order valence-electron chi connectivity index (χ1n) is 13.6. The van der Waals surface area contributed by atoms with Gasteiger partial charge < -0.3 is 19.3 Å². The lowest BCUT2D eigenvalue weighted by Gasteiger charge is -2.36. The molecule has 1 amide bonds. The van der Waals surface area contributed by atoms with E-state index < -0.39 is 6.09 Å². The number of rotatable bonds is 13. The van der Waals surface area contributed by atoms with Crippen LogP contribution in [0.4, 0.5) is 10.5 Å². The highest BCUT2D eigenvalue weighted by Gasteiger charge is 2.24. The maximum atomic E-state index is 12.5. The molecule has 202 valence electrons. The molecular weight excluding hydrogens is 484 g/mol. The van der Waals surface area contributed by atoms with E-state index in [0.717, 1.165) is 32.4 Å². The number of benzene rings is 2. The average molecular weight is 527 g/mol. The van der Waals surface area contributed by atoms with E-state index in [0.29, 0.717) is 19.5 Å². The molecule has 1 fully saturated rings. The monoisotopic (exact) mass is 526 g/mol. The highest BCUT2D eigenvalue weighted by molar-refractivity contribution is 7.99. The molecule has 0 N–H and O–H groups in total. The fraction of sp³-hybridized carbons (Fsp3) is 0.533. The van der Waals surface area contributed by atoms with Crippen LogP contribution in [0.25, 0.3) is 0 Å². The maximum absolute atomic E-state index is 12.5. The van der Waals surface area contributed by atoms with Crippen LogP contribution in [0.1, 0.15) is 69.4 Å².